The van der Waals surface area contributed by atoms with E-state index in [1.165, 1.54) is 59.4 Å². The fourth-order valence-electron chi connectivity index (χ4n) is 7.41. The van der Waals surface area contributed by atoms with Crippen molar-refractivity contribution in [2.75, 3.05) is 0 Å². The first kappa shape index (κ1) is 26.8. The molecule has 0 atom stereocenters. The van der Waals surface area contributed by atoms with Crippen molar-refractivity contribution in [2.24, 2.45) is 0 Å². The first-order valence-corrected chi connectivity index (χ1v) is 16.4. The van der Waals surface area contributed by atoms with Gasteiger partial charge in [-0.3, -0.25) is 0 Å². The van der Waals surface area contributed by atoms with E-state index in [1.54, 1.807) is 0 Å². The van der Waals surface area contributed by atoms with Crippen molar-refractivity contribution in [3.05, 3.63) is 170 Å². The van der Waals surface area contributed by atoms with Crippen LogP contribution in [0.15, 0.2) is 170 Å². The highest BCUT2D eigenvalue weighted by Gasteiger charge is 2.14. The number of rotatable bonds is 3. The third-order valence-corrected chi connectivity index (χ3v) is 9.81. The van der Waals surface area contributed by atoms with E-state index >= 15 is 0 Å². The molecule has 48 heavy (non-hydrogen) atoms. The maximum atomic E-state index is 5.15. The minimum Gasteiger partial charge on any atom is -0.228 e. The lowest BCUT2D eigenvalue weighted by atomic mass is 9.92. The lowest BCUT2D eigenvalue weighted by Gasteiger charge is -2.13. The zero-order valence-electron chi connectivity index (χ0n) is 26.1. The Morgan fingerprint density at radius 1 is 0.292 bits per heavy atom. The van der Waals surface area contributed by atoms with Crippen molar-refractivity contribution in [1.29, 1.82) is 0 Å². The summed E-state index contributed by atoms with van der Waals surface area (Å²) in [6.07, 6.45) is 0. The molecule has 0 aliphatic carbocycles. The minimum atomic E-state index is 0.730. The number of hydrogen-bond acceptors (Lipinski definition) is 2. The lowest BCUT2D eigenvalue weighted by Crippen LogP contribution is -1.96. The van der Waals surface area contributed by atoms with E-state index in [1.807, 2.05) is 18.2 Å². The summed E-state index contributed by atoms with van der Waals surface area (Å²) in [5.41, 5.74) is 6.27. The summed E-state index contributed by atoms with van der Waals surface area (Å²) in [5, 5.41) is 13.7. The van der Waals surface area contributed by atoms with Gasteiger partial charge in [-0.2, -0.15) is 0 Å². The Labute approximate surface area is 277 Å². The standard InChI is InChI=1S/C46H28N2/c1-2-10-32(11-3-1)46-47-43-28-35(20-25-42(43)45(48-46)37-17-14-29-8-4-5-12-33(29)27-37)34-19-22-38-36(26-34)21-24-41-40(38)23-18-31-16-15-30-9-6-7-13-39(30)44(31)41/h1-28H. The van der Waals surface area contributed by atoms with Crippen LogP contribution in [0.2, 0.25) is 0 Å². The summed E-state index contributed by atoms with van der Waals surface area (Å²) in [6.45, 7) is 0. The van der Waals surface area contributed by atoms with Crippen LogP contribution in [0.25, 0.3) is 98.5 Å². The van der Waals surface area contributed by atoms with Gasteiger partial charge < -0.3 is 0 Å². The fraction of sp³-hybridized carbons (Fsp3) is 0. The van der Waals surface area contributed by atoms with Gasteiger partial charge in [-0.25, -0.2) is 9.97 Å². The second-order valence-corrected chi connectivity index (χ2v) is 12.6. The predicted octanol–water partition coefficient (Wildman–Crippen LogP) is 12.4. The van der Waals surface area contributed by atoms with Crippen molar-refractivity contribution in [3.8, 4) is 33.8 Å². The van der Waals surface area contributed by atoms with E-state index < -0.39 is 0 Å². The van der Waals surface area contributed by atoms with Crippen LogP contribution in [0.5, 0.6) is 0 Å². The summed E-state index contributed by atoms with van der Waals surface area (Å²) < 4.78 is 0. The van der Waals surface area contributed by atoms with Crippen LogP contribution in [0.4, 0.5) is 0 Å². The summed E-state index contributed by atoms with van der Waals surface area (Å²) in [5.74, 6) is 0.730. The van der Waals surface area contributed by atoms with E-state index in [0.29, 0.717) is 0 Å². The summed E-state index contributed by atoms with van der Waals surface area (Å²) >= 11 is 0. The van der Waals surface area contributed by atoms with Gasteiger partial charge in [0.05, 0.1) is 11.2 Å². The Morgan fingerprint density at radius 3 is 1.79 bits per heavy atom. The molecule has 0 aliphatic heterocycles. The van der Waals surface area contributed by atoms with Gasteiger partial charge >= 0.3 is 0 Å². The molecule has 2 heteroatoms. The molecule has 0 saturated heterocycles. The highest BCUT2D eigenvalue weighted by Crippen LogP contribution is 2.38. The van der Waals surface area contributed by atoms with Crippen LogP contribution in [-0.2, 0) is 0 Å². The zero-order chi connectivity index (χ0) is 31.6. The molecule has 0 amide bonds. The van der Waals surface area contributed by atoms with Crippen LogP contribution in [0.1, 0.15) is 0 Å². The van der Waals surface area contributed by atoms with E-state index in [0.717, 1.165) is 39.1 Å². The maximum Gasteiger partial charge on any atom is 0.160 e. The number of nitrogens with zero attached hydrogens (tertiary/aromatic N) is 2. The lowest BCUT2D eigenvalue weighted by molar-refractivity contribution is 1.23. The minimum absolute atomic E-state index is 0.730. The van der Waals surface area contributed by atoms with E-state index in [4.69, 9.17) is 9.97 Å². The summed E-state index contributed by atoms with van der Waals surface area (Å²) in [6, 6.07) is 61.0. The predicted molar refractivity (Wildman–Crippen MR) is 203 cm³/mol. The van der Waals surface area contributed by atoms with Gasteiger partial charge in [0, 0.05) is 16.5 Å². The molecule has 0 N–H and O–H groups in total. The van der Waals surface area contributed by atoms with Gasteiger partial charge in [0.15, 0.2) is 5.82 Å². The average molecular weight is 609 g/mol. The van der Waals surface area contributed by atoms with Crippen LogP contribution in [-0.4, -0.2) is 9.97 Å². The Morgan fingerprint density at radius 2 is 0.896 bits per heavy atom. The molecular weight excluding hydrogens is 581 g/mol. The monoisotopic (exact) mass is 608 g/mol. The molecule has 9 aromatic carbocycles. The molecule has 10 rings (SSSR count). The van der Waals surface area contributed by atoms with Gasteiger partial charge in [-0.15, -0.1) is 0 Å². The molecule has 0 unspecified atom stereocenters. The molecule has 0 fully saturated rings. The smallest absolute Gasteiger partial charge is 0.160 e. The molecule has 0 saturated carbocycles. The van der Waals surface area contributed by atoms with Crippen molar-refractivity contribution < 1.29 is 0 Å². The van der Waals surface area contributed by atoms with Gasteiger partial charge in [-0.1, -0.05) is 146 Å². The Hall–Kier alpha value is -6.38. The molecular formula is C46H28N2. The van der Waals surface area contributed by atoms with Crippen molar-refractivity contribution >= 4 is 64.8 Å². The van der Waals surface area contributed by atoms with Crippen LogP contribution >= 0.6 is 0 Å². The second kappa shape index (κ2) is 10.6. The van der Waals surface area contributed by atoms with Crippen molar-refractivity contribution in [3.63, 3.8) is 0 Å². The number of aromatic nitrogens is 2. The first-order chi connectivity index (χ1) is 23.8. The molecule has 2 nitrogen and oxygen atoms in total. The van der Waals surface area contributed by atoms with E-state index in [-0.39, 0.29) is 0 Å². The van der Waals surface area contributed by atoms with Crippen molar-refractivity contribution in [1.82, 2.24) is 9.97 Å². The Balaban J connectivity index is 1.14. The van der Waals surface area contributed by atoms with E-state index in [2.05, 4.69) is 152 Å². The first-order valence-electron chi connectivity index (χ1n) is 16.4. The average Bonchev–Trinajstić information content (AvgIpc) is 3.16. The second-order valence-electron chi connectivity index (χ2n) is 12.6. The topological polar surface area (TPSA) is 25.8 Å². The summed E-state index contributed by atoms with van der Waals surface area (Å²) in [7, 11) is 0. The zero-order valence-corrected chi connectivity index (χ0v) is 26.1. The summed E-state index contributed by atoms with van der Waals surface area (Å²) in [4.78, 5) is 10.3. The molecule has 0 aliphatic rings. The van der Waals surface area contributed by atoms with Gasteiger partial charge in [-0.05, 0) is 89.3 Å². The highest BCUT2D eigenvalue weighted by molar-refractivity contribution is 6.24. The quantitative estimate of drug-likeness (QED) is 0.187. The van der Waals surface area contributed by atoms with Gasteiger partial charge in [0.25, 0.3) is 0 Å². The third-order valence-electron chi connectivity index (χ3n) is 9.81. The number of benzene rings is 9. The van der Waals surface area contributed by atoms with Crippen LogP contribution < -0.4 is 0 Å². The van der Waals surface area contributed by atoms with E-state index in [9.17, 15) is 0 Å². The number of hydrogen-bond donors (Lipinski definition) is 0. The van der Waals surface area contributed by atoms with Crippen LogP contribution in [0.3, 0.4) is 0 Å². The molecule has 0 bridgehead atoms. The van der Waals surface area contributed by atoms with Crippen LogP contribution in [0, 0.1) is 0 Å². The molecule has 10 aromatic rings. The molecule has 1 heterocycles. The van der Waals surface area contributed by atoms with Crippen molar-refractivity contribution in [2.45, 2.75) is 0 Å². The Bertz CT molecular complexity index is 2890. The molecule has 222 valence electrons. The largest absolute Gasteiger partial charge is 0.228 e. The third kappa shape index (κ3) is 4.27. The molecule has 1 aromatic heterocycles. The maximum absolute atomic E-state index is 5.15. The molecule has 0 spiro atoms. The SMILES string of the molecule is c1ccc(-c2nc(-c3ccc4ccccc4c3)c3ccc(-c4ccc5c(ccc6c5ccc5ccc7ccccc7c56)c4)cc3n2)cc1. The number of fused-ring (bicyclic) bond motifs is 9. The normalized spacial score (nSPS) is 11.8. The van der Waals surface area contributed by atoms with Gasteiger partial charge in [0.2, 0.25) is 0 Å². The van der Waals surface area contributed by atoms with Gasteiger partial charge in [0.1, 0.15) is 0 Å². The fourth-order valence-corrected chi connectivity index (χ4v) is 7.41. The Kier molecular flexibility index (Phi) is 5.91. The molecule has 0 radical (unpaired) electrons. The highest BCUT2D eigenvalue weighted by atomic mass is 14.9.